The highest BCUT2D eigenvalue weighted by Crippen LogP contribution is 2.34. The van der Waals surface area contributed by atoms with E-state index >= 15 is 0 Å². The number of nitrogens with zero attached hydrogens (tertiary/aromatic N) is 3. The minimum Gasteiger partial charge on any atom is -0.331 e. The van der Waals surface area contributed by atoms with Crippen molar-refractivity contribution in [1.82, 2.24) is 14.9 Å². The van der Waals surface area contributed by atoms with Gasteiger partial charge in [0, 0.05) is 42.3 Å². The van der Waals surface area contributed by atoms with E-state index in [-0.39, 0.29) is 6.54 Å². The fourth-order valence-corrected chi connectivity index (χ4v) is 5.80. The van der Waals surface area contributed by atoms with Gasteiger partial charge in [-0.05, 0) is 54.7 Å². The number of benzene rings is 2. The molecule has 0 unspecified atom stereocenters. The van der Waals surface area contributed by atoms with E-state index in [2.05, 4.69) is 15.2 Å². The highest BCUT2D eigenvalue weighted by atomic mass is 32.1. The van der Waals surface area contributed by atoms with Crippen LogP contribution >= 0.6 is 11.3 Å². The molecule has 4 aromatic rings. The molecular formula is C28H29F3N4S. The van der Waals surface area contributed by atoms with Gasteiger partial charge in [-0.25, -0.2) is 4.98 Å². The van der Waals surface area contributed by atoms with Crippen LogP contribution in [0.5, 0.6) is 0 Å². The lowest BCUT2D eigenvalue weighted by Crippen LogP contribution is -2.31. The van der Waals surface area contributed by atoms with Gasteiger partial charge in [-0.15, -0.1) is 11.3 Å². The van der Waals surface area contributed by atoms with Crippen molar-refractivity contribution in [2.45, 2.75) is 51.4 Å². The number of fused-ring (bicyclic) bond motifs is 1. The van der Waals surface area contributed by atoms with Crippen LogP contribution in [0.1, 0.15) is 48.9 Å². The molecule has 36 heavy (non-hydrogen) atoms. The molecule has 0 spiro atoms. The second-order valence-corrected chi connectivity index (χ2v) is 10.3. The van der Waals surface area contributed by atoms with Crippen LogP contribution in [0.2, 0.25) is 0 Å². The SMILES string of the molecule is FC(F)(F)c1ccccc1CN(Cc1csc(Nc2cccc3ncccc23)n1)CC1CCCCC1. The lowest BCUT2D eigenvalue weighted by atomic mass is 9.88. The predicted octanol–water partition coefficient (Wildman–Crippen LogP) is 8.04. The Hall–Kier alpha value is -2.97. The van der Waals surface area contributed by atoms with Crippen LogP contribution in [0.25, 0.3) is 10.9 Å². The van der Waals surface area contributed by atoms with Crippen molar-refractivity contribution >= 4 is 33.1 Å². The van der Waals surface area contributed by atoms with Crippen LogP contribution in [-0.4, -0.2) is 21.4 Å². The van der Waals surface area contributed by atoms with Crippen molar-refractivity contribution in [3.63, 3.8) is 0 Å². The Balaban J connectivity index is 1.35. The lowest BCUT2D eigenvalue weighted by molar-refractivity contribution is -0.138. The number of halogens is 3. The number of rotatable bonds is 8. The molecule has 188 valence electrons. The number of thiazole rings is 1. The predicted molar refractivity (Wildman–Crippen MR) is 139 cm³/mol. The molecule has 4 nitrogen and oxygen atoms in total. The molecule has 0 bridgehead atoms. The van der Waals surface area contributed by atoms with Crippen LogP contribution in [0.4, 0.5) is 24.0 Å². The van der Waals surface area contributed by atoms with Gasteiger partial charge in [0.05, 0.1) is 16.8 Å². The summed E-state index contributed by atoms with van der Waals surface area (Å²) in [7, 11) is 0. The third-order valence-electron chi connectivity index (χ3n) is 6.78. The van der Waals surface area contributed by atoms with Gasteiger partial charge < -0.3 is 5.32 Å². The summed E-state index contributed by atoms with van der Waals surface area (Å²) in [5, 5.41) is 7.17. The van der Waals surface area contributed by atoms with Crippen LogP contribution in [0.3, 0.4) is 0 Å². The Bertz CT molecular complexity index is 1290. The van der Waals surface area contributed by atoms with Crippen molar-refractivity contribution in [2.75, 3.05) is 11.9 Å². The van der Waals surface area contributed by atoms with Crippen molar-refractivity contribution in [3.05, 3.63) is 83.0 Å². The Kier molecular flexibility index (Phi) is 7.53. The summed E-state index contributed by atoms with van der Waals surface area (Å²) in [5.41, 5.74) is 2.46. The fraction of sp³-hybridized carbons (Fsp3) is 0.357. The van der Waals surface area contributed by atoms with E-state index in [1.165, 1.54) is 42.7 Å². The van der Waals surface area contributed by atoms with Gasteiger partial charge in [-0.2, -0.15) is 13.2 Å². The van der Waals surface area contributed by atoms with Gasteiger partial charge in [0.2, 0.25) is 0 Å². The molecule has 2 heterocycles. The standard InChI is InChI=1S/C28H29F3N4S/c29-28(30,31)24-12-5-4-10-21(24)17-35(16-20-8-2-1-3-9-20)18-22-19-36-27(33-22)34-26-14-6-13-25-23(26)11-7-15-32-25/h4-7,10-15,19-20H,1-3,8-9,16-18H2,(H,33,34). The van der Waals surface area contributed by atoms with Crippen molar-refractivity contribution < 1.29 is 13.2 Å². The zero-order valence-electron chi connectivity index (χ0n) is 20.0. The number of anilines is 2. The average molecular weight is 511 g/mol. The number of hydrogen-bond acceptors (Lipinski definition) is 5. The Morgan fingerprint density at radius 3 is 2.61 bits per heavy atom. The molecule has 1 fully saturated rings. The summed E-state index contributed by atoms with van der Waals surface area (Å²) in [4.78, 5) is 11.3. The molecular weight excluding hydrogens is 481 g/mol. The summed E-state index contributed by atoms with van der Waals surface area (Å²) in [6.45, 7) is 1.54. The molecule has 1 N–H and O–H groups in total. The third-order valence-corrected chi connectivity index (χ3v) is 7.59. The van der Waals surface area contributed by atoms with E-state index in [0.29, 0.717) is 18.0 Å². The molecule has 2 aromatic carbocycles. The first kappa shape index (κ1) is 24.7. The first-order valence-electron chi connectivity index (χ1n) is 12.4. The number of alkyl halides is 3. The number of nitrogens with one attached hydrogen (secondary N) is 1. The summed E-state index contributed by atoms with van der Waals surface area (Å²) < 4.78 is 41.0. The smallest absolute Gasteiger partial charge is 0.331 e. The van der Waals surface area contributed by atoms with Crippen LogP contribution in [0, 0.1) is 5.92 Å². The van der Waals surface area contributed by atoms with E-state index in [0.717, 1.165) is 46.8 Å². The highest BCUT2D eigenvalue weighted by Gasteiger charge is 2.33. The Labute approximate surface area is 213 Å². The quantitative estimate of drug-likeness (QED) is 0.260. The van der Waals surface area contributed by atoms with Gasteiger partial charge in [0.15, 0.2) is 5.13 Å². The molecule has 1 aliphatic rings. The van der Waals surface area contributed by atoms with Gasteiger partial charge >= 0.3 is 6.18 Å². The molecule has 8 heteroatoms. The largest absolute Gasteiger partial charge is 0.416 e. The van der Waals surface area contributed by atoms with E-state index < -0.39 is 11.7 Å². The molecule has 0 atom stereocenters. The summed E-state index contributed by atoms with van der Waals surface area (Å²) in [5.74, 6) is 0.510. The summed E-state index contributed by atoms with van der Waals surface area (Å²) in [6, 6.07) is 15.8. The second kappa shape index (κ2) is 11.0. The van der Waals surface area contributed by atoms with E-state index in [4.69, 9.17) is 4.98 Å². The van der Waals surface area contributed by atoms with Crippen LogP contribution in [-0.2, 0) is 19.3 Å². The second-order valence-electron chi connectivity index (χ2n) is 9.47. The maximum atomic E-state index is 13.7. The molecule has 1 aliphatic carbocycles. The number of aromatic nitrogens is 2. The highest BCUT2D eigenvalue weighted by molar-refractivity contribution is 7.13. The fourth-order valence-electron chi connectivity index (χ4n) is 5.09. The lowest BCUT2D eigenvalue weighted by Gasteiger charge is -2.30. The molecule has 0 aliphatic heterocycles. The minimum absolute atomic E-state index is 0.251. The molecule has 0 amide bonds. The molecule has 0 radical (unpaired) electrons. The third kappa shape index (κ3) is 6.05. The number of hydrogen-bond donors (Lipinski definition) is 1. The zero-order valence-corrected chi connectivity index (χ0v) is 20.8. The van der Waals surface area contributed by atoms with Crippen LogP contribution in [0.15, 0.2) is 66.2 Å². The van der Waals surface area contributed by atoms with Crippen LogP contribution < -0.4 is 5.32 Å². The molecule has 0 saturated heterocycles. The van der Waals surface area contributed by atoms with E-state index in [1.54, 1.807) is 18.3 Å². The topological polar surface area (TPSA) is 41.0 Å². The number of pyridine rings is 1. The summed E-state index contributed by atoms with van der Waals surface area (Å²) in [6.07, 6.45) is 3.32. The van der Waals surface area contributed by atoms with Gasteiger partial charge in [-0.3, -0.25) is 9.88 Å². The average Bonchev–Trinajstić information content (AvgIpc) is 3.31. The van der Waals surface area contributed by atoms with E-state index in [9.17, 15) is 13.2 Å². The Morgan fingerprint density at radius 1 is 0.944 bits per heavy atom. The first-order chi connectivity index (χ1) is 17.5. The first-order valence-corrected chi connectivity index (χ1v) is 13.3. The van der Waals surface area contributed by atoms with Crippen molar-refractivity contribution in [2.24, 2.45) is 5.92 Å². The molecule has 2 aromatic heterocycles. The maximum absolute atomic E-state index is 13.7. The Morgan fingerprint density at radius 2 is 1.78 bits per heavy atom. The normalized spacial score (nSPS) is 15.0. The minimum atomic E-state index is -4.36. The van der Waals surface area contributed by atoms with Gasteiger partial charge in [0.25, 0.3) is 0 Å². The van der Waals surface area contributed by atoms with Gasteiger partial charge in [-0.1, -0.05) is 43.5 Å². The van der Waals surface area contributed by atoms with Crippen molar-refractivity contribution in [3.8, 4) is 0 Å². The molecule has 5 rings (SSSR count). The zero-order chi connectivity index (χ0) is 25.0. The summed E-state index contributed by atoms with van der Waals surface area (Å²) >= 11 is 1.51. The van der Waals surface area contributed by atoms with Crippen molar-refractivity contribution in [1.29, 1.82) is 0 Å². The maximum Gasteiger partial charge on any atom is 0.416 e. The van der Waals surface area contributed by atoms with E-state index in [1.807, 2.05) is 35.7 Å². The molecule has 1 saturated carbocycles. The van der Waals surface area contributed by atoms with Gasteiger partial charge in [0.1, 0.15) is 0 Å². The monoisotopic (exact) mass is 510 g/mol.